The summed E-state index contributed by atoms with van der Waals surface area (Å²) in [4.78, 5) is 18.0. The van der Waals surface area contributed by atoms with Gasteiger partial charge in [-0.05, 0) is 34.3 Å². The largest absolute Gasteiger partial charge is 0.366 e. The molecule has 0 aliphatic rings. The molecule has 0 radical (unpaired) electrons. The van der Waals surface area contributed by atoms with Crippen LogP contribution >= 0.6 is 15.9 Å². The predicted octanol–water partition coefficient (Wildman–Crippen LogP) is 1.71. The van der Waals surface area contributed by atoms with Gasteiger partial charge in [0.1, 0.15) is 10.3 Å². The Labute approximate surface area is 109 Å². The summed E-state index contributed by atoms with van der Waals surface area (Å²) in [6, 6.07) is 0.165. The highest BCUT2D eigenvalue weighted by atomic mass is 79.9. The number of H-pyrrole nitrogens is 1. The predicted molar refractivity (Wildman–Crippen MR) is 73.1 cm³/mol. The summed E-state index contributed by atoms with van der Waals surface area (Å²) in [6.45, 7) is 6.97. The number of aromatic amines is 1. The number of nitrogens with two attached hydrogens (primary N) is 1. The smallest absolute Gasteiger partial charge is 0.267 e. The van der Waals surface area contributed by atoms with Crippen molar-refractivity contribution >= 4 is 21.7 Å². The zero-order valence-electron chi connectivity index (χ0n) is 10.4. The molecule has 5 nitrogen and oxygen atoms in total. The van der Waals surface area contributed by atoms with Crippen LogP contribution in [0, 0.1) is 5.41 Å². The number of anilines is 1. The van der Waals surface area contributed by atoms with Crippen LogP contribution in [0.1, 0.15) is 27.2 Å². The lowest BCUT2D eigenvalue weighted by molar-refractivity contribution is 0.328. The van der Waals surface area contributed by atoms with E-state index in [4.69, 9.17) is 5.73 Å². The molecule has 1 atom stereocenters. The van der Waals surface area contributed by atoms with Crippen LogP contribution in [0.3, 0.4) is 0 Å². The zero-order chi connectivity index (χ0) is 13.1. The van der Waals surface area contributed by atoms with Crippen LogP contribution in [-0.2, 0) is 0 Å². The Bertz CT molecular complexity index is 424. The topological polar surface area (TPSA) is 83.8 Å². The number of hydrogen-bond acceptors (Lipinski definition) is 4. The highest BCUT2D eigenvalue weighted by Gasteiger charge is 2.25. The van der Waals surface area contributed by atoms with Gasteiger partial charge in [-0.1, -0.05) is 20.8 Å². The third-order valence-corrected chi connectivity index (χ3v) is 3.34. The molecule has 0 aliphatic heterocycles. The van der Waals surface area contributed by atoms with E-state index in [1.54, 1.807) is 0 Å². The molecule has 0 aliphatic carbocycles. The fourth-order valence-electron chi connectivity index (χ4n) is 1.54. The first kappa shape index (κ1) is 14.2. The van der Waals surface area contributed by atoms with Crippen LogP contribution in [0.4, 0.5) is 5.82 Å². The van der Waals surface area contributed by atoms with Crippen molar-refractivity contribution in [2.24, 2.45) is 11.1 Å². The van der Waals surface area contributed by atoms with Gasteiger partial charge < -0.3 is 16.0 Å². The Morgan fingerprint density at radius 2 is 2.24 bits per heavy atom. The molecule has 0 amide bonds. The van der Waals surface area contributed by atoms with Gasteiger partial charge in [0.05, 0.1) is 6.33 Å². The van der Waals surface area contributed by atoms with Crippen molar-refractivity contribution < 1.29 is 0 Å². The van der Waals surface area contributed by atoms with Gasteiger partial charge in [0, 0.05) is 6.04 Å². The van der Waals surface area contributed by atoms with Crippen molar-refractivity contribution in [3.63, 3.8) is 0 Å². The Hall–Kier alpha value is -0.880. The SMILES string of the molecule is CC(C)(C)C(CCN)Nc1nc[nH]c(=O)c1Br. The van der Waals surface area contributed by atoms with Crippen LogP contribution in [-0.4, -0.2) is 22.6 Å². The first-order chi connectivity index (χ1) is 7.86. The third kappa shape index (κ3) is 3.81. The quantitative estimate of drug-likeness (QED) is 0.790. The van der Waals surface area contributed by atoms with Crippen LogP contribution in [0.25, 0.3) is 0 Å². The lowest BCUT2D eigenvalue weighted by atomic mass is 9.85. The van der Waals surface area contributed by atoms with Crippen LogP contribution in [0.15, 0.2) is 15.6 Å². The first-order valence-electron chi connectivity index (χ1n) is 5.56. The van der Waals surface area contributed by atoms with Crippen molar-refractivity contribution in [1.29, 1.82) is 0 Å². The van der Waals surface area contributed by atoms with Crippen molar-refractivity contribution in [1.82, 2.24) is 9.97 Å². The van der Waals surface area contributed by atoms with E-state index >= 15 is 0 Å². The molecule has 96 valence electrons. The maximum Gasteiger partial charge on any atom is 0.267 e. The third-order valence-electron chi connectivity index (χ3n) is 2.61. The summed E-state index contributed by atoms with van der Waals surface area (Å²) < 4.78 is 0.422. The lowest BCUT2D eigenvalue weighted by Crippen LogP contribution is -2.36. The van der Waals surface area contributed by atoms with Gasteiger partial charge in [0.2, 0.25) is 0 Å². The van der Waals surface area contributed by atoms with E-state index in [-0.39, 0.29) is 17.0 Å². The molecule has 0 saturated carbocycles. The van der Waals surface area contributed by atoms with Gasteiger partial charge in [0.25, 0.3) is 5.56 Å². The van der Waals surface area contributed by atoms with Gasteiger partial charge in [-0.3, -0.25) is 4.79 Å². The molecule has 1 unspecified atom stereocenters. The Kier molecular flexibility index (Phi) is 4.70. The highest BCUT2D eigenvalue weighted by molar-refractivity contribution is 9.10. The summed E-state index contributed by atoms with van der Waals surface area (Å²) in [5.41, 5.74) is 5.46. The van der Waals surface area contributed by atoms with Crippen LogP contribution in [0.2, 0.25) is 0 Å². The molecule has 0 fully saturated rings. The van der Waals surface area contributed by atoms with Gasteiger partial charge in [-0.25, -0.2) is 4.98 Å². The second kappa shape index (κ2) is 5.64. The number of aromatic nitrogens is 2. The van der Waals surface area contributed by atoms with Gasteiger partial charge >= 0.3 is 0 Å². The maximum atomic E-state index is 11.4. The van der Waals surface area contributed by atoms with E-state index in [1.807, 2.05) is 0 Å². The number of hydrogen-bond donors (Lipinski definition) is 3. The molecule has 17 heavy (non-hydrogen) atoms. The highest BCUT2D eigenvalue weighted by Crippen LogP contribution is 2.26. The minimum absolute atomic E-state index is 0.0447. The number of nitrogens with zero attached hydrogens (tertiary/aromatic N) is 1. The lowest BCUT2D eigenvalue weighted by Gasteiger charge is -2.31. The number of halogens is 1. The van der Waals surface area contributed by atoms with E-state index in [1.165, 1.54) is 6.33 Å². The molecular weight excluding hydrogens is 284 g/mol. The number of rotatable bonds is 4. The summed E-state index contributed by atoms with van der Waals surface area (Å²) >= 11 is 3.23. The Morgan fingerprint density at radius 1 is 1.59 bits per heavy atom. The summed E-state index contributed by atoms with van der Waals surface area (Å²) in [5, 5.41) is 3.27. The van der Waals surface area contributed by atoms with Crippen LogP contribution in [0.5, 0.6) is 0 Å². The van der Waals surface area contributed by atoms with E-state index in [2.05, 4.69) is 52.0 Å². The Balaban J connectivity index is 2.94. The van der Waals surface area contributed by atoms with Crippen LogP contribution < -0.4 is 16.6 Å². The van der Waals surface area contributed by atoms with Crippen molar-refractivity contribution in [3.8, 4) is 0 Å². The van der Waals surface area contributed by atoms with Crippen molar-refractivity contribution in [2.75, 3.05) is 11.9 Å². The maximum absolute atomic E-state index is 11.4. The van der Waals surface area contributed by atoms with Crippen molar-refractivity contribution in [3.05, 3.63) is 21.2 Å². The standard InChI is InChI=1S/C11H19BrN4O/c1-11(2,3)7(4-5-13)16-9-8(12)10(17)15-6-14-9/h6-7H,4-5,13H2,1-3H3,(H2,14,15,16,17). The fraction of sp³-hybridized carbons (Fsp3) is 0.636. The summed E-state index contributed by atoms with van der Waals surface area (Å²) in [6.07, 6.45) is 2.21. The molecule has 0 spiro atoms. The molecule has 1 rings (SSSR count). The van der Waals surface area contributed by atoms with Crippen molar-refractivity contribution in [2.45, 2.75) is 33.2 Å². The van der Waals surface area contributed by atoms with E-state index in [0.29, 0.717) is 16.8 Å². The molecule has 0 saturated heterocycles. The zero-order valence-corrected chi connectivity index (χ0v) is 12.0. The molecule has 1 aromatic rings. The summed E-state index contributed by atoms with van der Waals surface area (Å²) in [5.74, 6) is 0.558. The average Bonchev–Trinajstić information content (AvgIpc) is 2.22. The molecule has 6 heteroatoms. The monoisotopic (exact) mass is 302 g/mol. The second-order valence-corrected chi connectivity index (χ2v) is 5.83. The first-order valence-corrected chi connectivity index (χ1v) is 6.35. The summed E-state index contributed by atoms with van der Waals surface area (Å²) in [7, 11) is 0. The number of nitrogens with one attached hydrogen (secondary N) is 2. The molecular formula is C11H19BrN4O. The normalized spacial score (nSPS) is 13.5. The molecule has 1 heterocycles. The fourth-order valence-corrected chi connectivity index (χ4v) is 1.87. The minimum Gasteiger partial charge on any atom is -0.366 e. The van der Waals surface area contributed by atoms with E-state index < -0.39 is 0 Å². The van der Waals surface area contributed by atoms with Gasteiger partial charge in [-0.15, -0.1) is 0 Å². The minimum atomic E-state index is -0.192. The molecule has 1 aromatic heterocycles. The van der Waals surface area contributed by atoms with Gasteiger partial charge in [0.15, 0.2) is 0 Å². The molecule has 0 bridgehead atoms. The van der Waals surface area contributed by atoms with E-state index in [0.717, 1.165) is 6.42 Å². The second-order valence-electron chi connectivity index (χ2n) is 5.03. The average molecular weight is 303 g/mol. The Morgan fingerprint density at radius 3 is 2.76 bits per heavy atom. The van der Waals surface area contributed by atoms with Gasteiger partial charge in [-0.2, -0.15) is 0 Å². The van der Waals surface area contributed by atoms with E-state index in [9.17, 15) is 4.79 Å². The molecule has 0 aromatic carbocycles. The molecule has 4 N–H and O–H groups in total.